The fourth-order valence-corrected chi connectivity index (χ4v) is 1.70. The molecule has 0 unspecified atom stereocenters. The summed E-state index contributed by atoms with van der Waals surface area (Å²) in [5.41, 5.74) is 2.06. The van der Waals surface area contributed by atoms with E-state index in [0.29, 0.717) is 0 Å². The molecule has 0 heterocycles. The van der Waals surface area contributed by atoms with Gasteiger partial charge in [-0.2, -0.15) is 0 Å². The summed E-state index contributed by atoms with van der Waals surface area (Å²) >= 11 is 0. The molecule has 1 N–H and O–H groups in total. The molecule has 1 rings (SSSR count). The lowest BCUT2D eigenvalue weighted by Gasteiger charge is -2.19. The predicted octanol–water partition coefficient (Wildman–Crippen LogP) is 1.31. The zero-order valence-corrected chi connectivity index (χ0v) is 11.4. The maximum Gasteiger partial charge on any atom is 0.307 e. The third-order valence-electron chi connectivity index (χ3n) is 2.76. The van der Waals surface area contributed by atoms with Gasteiger partial charge in [0.25, 0.3) is 0 Å². The molecule has 0 aliphatic carbocycles. The number of aliphatic carboxylic acids is 1. The van der Waals surface area contributed by atoms with Crippen LogP contribution in [0.1, 0.15) is 11.1 Å². The minimum Gasteiger partial charge on any atom is -0.481 e. The van der Waals surface area contributed by atoms with Gasteiger partial charge in [-0.05, 0) is 32.3 Å². The number of hydrogen-bond donors (Lipinski definition) is 1. The number of benzene rings is 1. The SMILES string of the molecule is CN(C)CCN(C)Cc1ccc(CC(=O)O)cc1. The average Bonchev–Trinajstić information content (AvgIpc) is 2.28. The standard InChI is InChI=1S/C14H22N2O2/c1-15(2)8-9-16(3)11-13-6-4-12(5-7-13)10-14(17)18/h4-7H,8-11H2,1-3H3,(H,17,18). The molecule has 1 aromatic rings. The lowest BCUT2D eigenvalue weighted by molar-refractivity contribution is -0.136. The second-order valence-corrected chi connectivity index (χ2v) is 4.93. The molecule has 18 heavy (non-hydrogen) atoms. The summed E-state index contributed by atoms with van der Waals surface area (Å²) in [5.74, 6) is -0.786. The van der Waals surface area contributed by atoms with Gasteiger partial charge in [-0.25, -0.2) is 0 Å². The number of carboxylic acid groups (broad SMARTS) is 1. The summed E-state index contributed by atoms with van der Waals surface area (Å²) in [6, 6.07) is 7.79. The molecule has 4 nitrogen and oxygen atoms in total. The third kappa shape index (κ3) is 5.80. The number of likely N-dealkylation sites (N-methyl/N-ethyl adjacent to an activating group) is 2. The highest BCUT2D eigenvalue weighted by Gasteiger charge is 2.03. The summed E-state index contributed by atoms with van der Waals surface area (Å²) in [5, 5.41) is 8.69. The summed E-state index contributed by atoms with van der Waals surface area (Å²) in [4.78, 5) is 15.0. The molecule has 0 fully saturated rings. The van der Waals surface area contributed by atoms with Crippen LogP contribution in [0, 0.1) is 0 Å². The molecular formula is C14H22N2O2. The number of carboxylic acids is 1. The second kappa shape index (κ2) is 7.13. The van der Waals surface area contributed by atoms with E-state index < -0.39 is 5.97 Å². The van der Waals surface area contributed by atoms with Crippen LogP contribution in [-0.2, 0) is 17.8 Å². The predicted molar refractivity (Wildman–Crippen MR) is 72.7 cm³/mol. The van der Waals surface area contributed by atoms with Gasteiger partial charge in [-0.3, -0.25) is 4.79 Å². The molecule has 0 aliphatic heterocycles. The van der Waals surface area contributed by atoms with Crippen molar-refractivity contribution in [2.24, 2.45) is 0 Å². The molecular weight excluding hydrogens is 228 g/mol. The van der Waals surface area contributed by atoms with E-state index in [2.05, 4.69) is 30.9 Å². The van der Waals surface area contributed by atoms with Crippen molar-refractivity contribution in [2.75, 3.05) is 34.2 Å². The first-order chi connectivity index (χ1) is 8.47. The van der Waals surface area contributed by atoms with Crippen LogP contribution in [0.2, 0.25) is 0 Å². The van der Waals surface area contributed by atoms with Gasteiger partial charge < -0.3 is 14.9 Å². The van der Waals surface area contributed by atoms with Crippen molar-refractivity contribution in [3.63, 3.8) is 0 Å². The number of nitrogens with zero attached hydrogens (tertiary/aromatic N) is 2. The summed E-state index contributed by atoms with van der Waals surface area (Å²) < 4.78 is 0. The first kappa shape index (κ1) is 14.7. The monoisotopic (exact) mass is 250 g/mol. The summed E-state index contributed by atoms with van der Waals surface area (Å²) in [6.45, 7) is 2.94. The molecule has 0 aliphatic rings. The summed E-state index contributed by atoms with van der Waals surface area (Å²) in [7, 11) is 6.22. The minimum absolute atomic E-state index is 0.0940. The molecule has 0 radical (unpaired) electrons. The average molecular weight is 250 g/mol. The molecule has 0 saturated heterocycles. The molecule has 4 heteroatoms. The topological polar surface area (TPSA) is 43.8 Å². The van der Waals surface area contributed by atoms with E-state index in [9.17, 15) is 4.79 Å². The zero-order valence-electron chi connectivity index (χ0n) is 11.4. The maximum absolute atomic E-state index is 10.6. The van der Waals surface area contributed by atoms with Crippen molar-refractivity contribution in [2.45, 2.75) is 13.0 Å². The highest BCUT2D eigenvalue weighted by molar-refractivity contribution is 5.70. The lowest BCUT2D eigenvalue weighted by atomic mass is 10.1. The molecule has 0 amide bonds. The number of rotatable bonds is 7. The largest absolute Gasteiger partial charge is 0.481 e. The second-order valence-electron chi connectivity index (χ2n) is 4.93. The van der Waals surface area contributed by atoms with E-state index in [0.717, 1.165) is 25.2 Å². The third-order valence-corrected chi connectivity index (χ3v) is 2.76. The molecule has 0 atom stereocenters. The van der Waals surface area contributed by atoms with Crippen LogP contribution in [0.4, 0.5) is 0 Å². The Morgan fingerprint density at radius 3 is 2.11 bits per heavy atom. The van der Waals surface area contributed by atoms with Crippen LogP contribution >= 0.6 is 0 Å². The Hall–Kier alpha value is -1.39. The molecule has 0 aromatic heterocycles. The summed E-state index contributed by atoms with van der Waals surface area (Å²) in [6.07, 6.45) is 0.0940. The minimum atomic E-state index is -0.786. The Kier molecular flexibility index (Phi) is 5.82. The molecule has 1 aromatic carbocycles. The fraction of sp³-hybridized carbons (Fsp3) is 0.500. The number of carbonyl (C=O) groups is 1. The zero-order chi connectivity index (χ0) is 13.5. The van der Waals surface area contributed by atoms with Crippen molar-refractivity contribution < 1.29 is 9.90 Å². The van der Waals surface area contributed by atoms with Crippen LogP contribution in [-0.4, -0.2) is 55.1 Å². The van der Waals surface area contributed by atoms with Crippen LogP contribution in [0.3, 0.4) is 0 Å². The van der Waals surface area contributed by atoms with Gasteiger partial charge in [-0.1, -0.05) is 24.3 Å². The molecule has 0 spiro atoms. The Morgan fingerprint density at radius 1 is 1.06 bits per heavy atom. The Labute approximate surface area is 109 Å². The van der Waals surface area contributed by atoms with Crippen LogP contribution in [0.15, 0.2) is 24.3 Å². The van der Waals surface area contributed by atoms with E-state index in [-0.39, 0.29) is 6.42 Å². The van der Waals surface area contributed by atoms with E-state index >= 15 is 0 Å². The van der Waals surface area contributed by atoms with E-state index in [1.54, 1.807) is 0 Å². The van der Waals surface area contributed by atoms with Crippen LogP contribution in [0.5, 0.6) is 0 Å². The van der Waals surface area contributed by atoms with Gasteiger partial charge in [-0.15, -0.1) is 0 Å². The quantitative estimate of drug-likeness (QED) is 0.792. The molecule has 0 bridgehead atoms. The Bertz CT molecular complexity index is 374. The van der Waals surface area contributed by atoms with Gasteiger partial charge in [0.05, 0.1) is 6.42 Å². The molecule has 100 valence electrons. The fourth-order valence-electron chi connectivity index (χ4n) is 1.70. The van der Waals surface area contributed by atoms with Gasteiger partial charge in [0.1, 0.15) is 0 Å². The van der Waals surface area contributed by atoms with Crippen LogP contribution in [0.25, 0.3) is 0 Å². The van der Waals surface area contributed by atoms with Gasteiger partial charge in [0.15, 0.2) is 0 Å². The highest BCUT2D eigenvalue weighted by Crippen LogP contribution is 2.07. The normalized spacial score (nSPS) is 11.2. The van der Waals surface area contributed by atoms with E-state index in [4.69, 9.17) is 5.11 Å². The van der Waals surface area contributed by atoms with E-state index in [1.165, 1.54) is 5.56 Å². The molecule has 0 saturated carbocycles. The van der Waals surface area contributed by atoms with Gasteiger partial charge in [0.2, 0.25) is 0 Å². The van der Waals surface area contributed by atoms with Crippen molar-refractivity contribution in [1.29, 1.82) is 0 Å². The van der Waals surface area contributed by atoms with Crippen LogP contribution < -0.4 is 0 Å². The first-order valence-electron chi connectivity index (χ1n) is 6.10. The van der Waals surface area contributed by atoms with Crippen molar-refractivity contribution >= 4 is 5.97 Å². The first-order valence-corrected chi connectivity index (χ1v) is 6.10. The van der Waals surface area contributed by atoms with Crippen molar-refractivity contribution in [1.82, 2.24) is 9.80 Å². The van der Waals surface area contributed by atoms with E-state index in [1.807, 2.05) is 24.3 Å². The highest BCUT2D eigenvalue weighted by atomic mass is 16.4. The van der Waals surface area contributed by atoms with Crippen molar-refractivity contribution in [3.05, 3.63) is 35.4 Å². The lowest BCUT2D eigenvalue weighted by Crippen LogP contribution is -2.28. The Morgan fingerprint density at radius 2 is 1.61 bits per heavy atom. The van der Waals surface area contributed by atoms with Gasteiger partial charge in [0, 0.05) is 19.6 Å². The van der Waals surface area contributed by atoms with Gasteiger partial charge >= 0.3 is 5.97 Å². The smallest absolute Gasteiger partial charge is 0.307 e. The van der Waals surface area contributed by atoms with Crippen molar-refractivity contribution in [3.8, 4) is 0 Å². The number of hydrogen-bond acceptors (Lipinski definition) is 3. The maximum atomic E-state index is 10.6. The Balaban J connectivity index is 2.45.